The van der Waals surface area contributed by atoms with Crippen LogP contribution in [0.4, 0.5) is 0 Å². The fourth-order valence-corrected chi connectivity index (χ4v) is 2.32. The molecule has 0 bridgehead atoms. The molecule has 0 radical (unpaired) electrons. The van der Waals surface area contributed by atoms with Crippen LogP contribution < -0.4 is 5.69 Å². The molecule has 20 heavy (non-hydrogen) atoms. The first-order chi connectivity index (χ1) is 9.40. The molecule has 0 saturated carbocycles. The van der Waals surface area contributed by atoms with E-state index in [-0.39, 0.29) is 5.88 Å². The number of halogens is 1. The number of hydrogen-bond donors (Lipinski definition) is 2. The number of hydrogen-bond acceptors (Lipinski definition) is 3. The van der Waals surface area contributed by atoms with Gasteiger partial charge in [-0.05, 0) is 40.3 Å². The summed E-state index contributed by atoms with van der Waals surface area (Å²) >= 11 is 2.19. The molecule has 0 aliphatic rings. The number of rotatable bonds is 4. The van der Waals surface area contributed by atoms with Gasteiger partial charge in [0.2, 0.25) is 5.88 Å². The average molecular weight is 388 g/mol. The van der Waals surface area contributed by atoms with Gasteiger partial charge in [0.05, 0.1) is 5.69 Å². The first-order valence-electron chi connectivity index (χ1n) is 5.83. The topological polar surface area (TPSA) is 84.5 Å². The largest absolute Gasteiger partial charge is 0.493 e. The fourth-order valence-electron chi connectivity index (χ4n) is 1.96. The van der Waals surface area contributed by atoms with Crippen LogP contribution in [-0.4, -0.2) is 25.3 Å². The Hall–Kier alpha value is -1.77. The SMILES string of the molecule is Cn1c(Cc2ccc(I)cc2)c(O)n(CC(=O)O)c1=O. The zero-order chi connectivity index (χ0) is 14.9. The molecule has 1 aromatic heterocycles. The molecule has 0 spiro atoms. The summed E-state index contributed by atoms with van der Waals surface area (Å²) in [6, 6.07) is 7.67. The van der Waals surface area contributed by atoms with Crippen LogP contribution in [0, 0.1) is 3.57 Å². The third-order valence-electron chi connectivity index (χ3n) is 3.01. The van der Waals surface area contributed by atoms with Crippen molar-refractivity contribution in [3.63, 3.8) is 0 Å². The van der Waals surface area contributed by atoms with E-state index in [1.165, 1.54) is 11.6 Å². The van der Waals surface area contributed by atoms with Gasteiger partial charge >= 0.3 is 11.7 Å². The smallest absolute Gasteiger partial charge is 0.331 e. The lowest BCUT2D eigenvalue weighted by atomic mass is 10.1. The van der Waals surface area contributed by atoms with Gasteiger partial charge in [-0.15, -0.1) is 0 Å². The molecule has 2 rings (SSSR count). The normalized spacial score (nSPS) is 10.7. The summed E-state index contributed by atoms with van der Waals surface area (Å²) in [5.74, 6) is -1.47. The first kappa shape index (κ1) is 14.6. The van der Waals surface area contributed by atoms with Crippen LogP contribution in [0.25, 0.3) is 0 Å². The summed E-state index contributed by atoms with van der Waals surface area (Å²) in [7, 11) is 1.52. The third-order valence-corrected chi connectivity index (χ3v) is 3.73. The maximum absolute atomic E-state index is 11.9. The van der Waals surface area contributed by atoms with Crippen molar-refractivity contribution in [3.05, 3.63) is 49.6 Å². The maximum Gasteiger partial charge on any atom is 0.331 e. The quantitative estimate of drug-likeness (QED) is 0.771. The van der Waals surface area contributed by atoms with E-state index >= 15 is 0 Å². The van der Waals surface area contributed by atoms with Crippen molar-refractivity contribution in [2.75, 3.05) is 0 Å². The van der Waals surface area contributed by atoms with Crippen LogP contribution in [0.1, 0.15) is 11.3 Å². The van der Waals surface area contributed by atoms with Crippen LogP contribution in [0.3, 0.4) is 0 Å². The number of carboxylic acid groups (broad SMARTS) is 1. The van der Waals surface area contributed by atoms with Crippen molar-refractivity contribution >= 4 is 28.6 Å². The Morgan fingerprint density at radius 3 is 2.45 bits per heavy atom. The number of nitrogens with zero attached hydrogens (tertiary/aromatic N) is 2. The van der Waals surface area contributed by atoms with Crippen molar-refractivity contribution in [2.45, 2.75) is 13.0 Å². The molecule has 2 aromatic rings. The van der Waals surface area contributed by atoms with E-state index in [4.69, 9.17) is 5.11 Å². The predicted molar refractivity (Wildman–Crippen MR) is 80.9 cm³/mol. The number of aliphatic carboxylic acids is 1. The summed E-state index contributed by atoms with van der Waals surface area (Å²) < 4.78 is 3.22. The van der Waals surface area contributed by atoms with Gasteiger partial charge in [0.1, 0.15) is 6.54 Å². The molecule has 1 aromatic carbocycles. The zero-order valence-electron chi connectivity index (χ0n) is 10.7. The van der Waals surface area contributed by atoms with Gasteiger partial charge in [0.15, 0.2) is 0 Å². The van der Waals surface area contributed by atoms with Crippen LogP contribution >= 0.6 is 22.6 Å². The summed E-state index contributed by atoms with van der Waals surface area (Å²) in [5.41, 5.74) is 0.798. The molecule has 0 atom stereocenters. The van der Waals surface area contributed by atoms with Gasteiger partial charge in [-0.1, -0.05) is 12.1 Å². The van der Waals surface area contributed by atoms with Crippen molar-refractivity contribution in [3.8, 4) is 5.88 Å². The Morgan fingerprint density at radius 2 is 1.90 bits per heavy atom. The lowest BCUT2D eigenvalue weighted by molar-refractivity contribution is -0.137. The predicted octanol–water partition coefficient (Wildman–Crippen LogP) is 1.17. The number of aromatic nitrogens is 2. The second kappa shape index (κ2) is 5.70. The van der Waals surface area contributed by atoms with Gasteiger partial charge in [-0.3, -0.25) is 13.9 Å². The van der Waals surface area contributed by atoms with Gasteiger partial charge in [0, 0.05) is 17.0 Å². The Balaban J connectivity index is 2.40. The Kier molecular flexibility index (Phi) is 4.17. The van der Waals surface area contributed by atoms with Crippen LogP contribution in [0.2, 0.25) is 0 Å². The standard InChI is InChI=1S/C13H13IN2O4/c1-15-10(6-8-2-4-9(14)5-3-8)12(19)16(13(15)20)7-11(17)18/h2-5,19H,6-7H2,1H3,(H,17,18). The molecule has 106 valence electrons. The molecule has 0 unspecified atom stereocenters. The molecule has 0 fully saturated rings. The number of aromatic hydroxyl groups is 1. The molecular formula is C13H13IN2O4. The highest BCUT2D eigenvalue weighted by Gasteiger charge is 2.18. The van der Waals surface area contributed by atoms with Gasteiger partial charge in [-0.2, -0.15) is 0 Å². The summed E-state index contributed by atoms with van der Waals surface area (Å²) in [4.78, 5) is 22.6. The van der Waals surface area contributed by atoms with Gasteiger partial charge < -0.3 is 10.2 Å². The molecule has 0 amide bonds. The second-order valence-corrected chi connectivity index (χ2v) is 5.64. The maximum atomic E-state index is 11.9. The number of imidazole rings is 1. The fraction of sp³-hybridized carbons (Fsp3) is 0.231. The van der Waals surface area contributed by atoms with Gasteiger partial charge in [-0.25, -0.2) is 4.79 Å². The average Bonchev–Trinajstić information content (AvgIpc) is 2.58. The highest BCUT2D eigenvalue weighted by molar-refractivity contribution is 14.1. The van der Waals surface area contributed by atoms with E-state index in [2.05, 4.69) is 22.6 Å². The van der Waals surface area contributed by atoms with Crippen molar-refractivity contribution in [1.29, 1.82) is 0 Å². The van der Waals surface area contributed by atoms with E-state index in [9.17, 15) is 14.7 Å². The molecule has 7 heteroatoms. The summed E-state index contributed by atoms with van der Waals surface area (Å²) in [5, 5.41) is 18.8. The van der Waals surface area contributed by atoms with Crippen LogP contribution in [0.5, 0.6) is 5.88 Å². The second-order valence-electron chi connectivity index (χ2n) is 4.40. The Labute approximate surface area is 128 Å². The monoisotopic (exact) mass is 388 g/mol. The minimum absolute atomic E-state index is 0.293. The molecule has 6 nitrogen and oxygen atoms in total. The molecule has 0 saturated heterocycles. The Bertz CT molecular complexity index is 700. The first-order valence-corrected chi connectivity index (χ1v) is 6.91. The van der Waals surface area contributed by atoms with Crippen LogP contribution in [-0.2, 0) is 24.8 Å². The highest BCUT2D eigenvalue weighted by Crippen LogP contribution is 2.19. The van der Waals surface area contributed by atoms with Crippen molar-refractivity contribution in [1.82, 2.24) is 9.13 Å². The van der Waals surface area contributed by atoms with E-state index in [1.807, 2.05) is 24.3 Å². The number of carbonyl (C=O) groups is 1. The minimum atomic E-state index is -1.17. The molecule has 1 heterocycles. The van der Waals surface area contributed by atoms with Gasteiger partial charge in [0.25, 0.3) is 0 Å². The lowest BCUT2D eigenvalue weighted by Gasteiger charge is -2.03. The Morgan fingerprint density at radius 1 is 1.30 bits per heavy atom. The summed E-state index contributed by atoms with van der Waals surface area (Å²) in [6.45, 7) is -0.550. The molecular weight excluding hydrogens is 375 g/mol. The van der Waals surface area contributed by atoms with E-state index < -0.39 is 18.2 Å². The van der Waals surface area contributed by atoms with Crippen molar-refractivity contribution in [2.24, 2.45) is 7.05 Å². The minimum Gasteiger partial charge on any atom is -0.493 e. The zero-order valence-corrected chi connectivity index (χ0v) is 12.9. The van der Waals surface area contributed by atoms with Crippen molar-refractivity contribution < 1.29 is 15.0 Å². The highest BCUT2D eigenvalue weighted by atomic mass is 127. The van der Waals surface area contributed by atoms with Crippen LogP contribution in [0.15, 0.2) is 29.1 Å². The molecule has 0 aliphatic carbocycles. The number of carboxylic acids is 1. The molecule has 2 N–H and O–H groups in total. The summed E-state index contributed by atoms with van der Waals surface area (Å²) in [6.07, 6.45) is 0.362. The van der Waals surface area contributed by atoms with E-state index in [0.29, 0.717) is 12.1 Å². The van der Waals surface area contributed by atoms with E-state index in [1.54, 1.807) is 0 Å². The van der Waals surface area contributed by atoms with E-state index in [0.717, 1.165) is 13.7 Å². The molecule has 0 aliphatic heterocycles. The lowest BCUT2D eigenvalue weighted by Crippen LogP contribution is -2.25. The third kappa shape index (κ3) is 2.87. The number of benzene rings is 1.